The normalized spacial score (nSPS) is 19.4. The number of amides is 1. The van der Waals surface area contributed by atoms with Crippen LogP contribution in [-0.2, 0) is 0 Å². The van der Waals surface area contributed by atoms with Gasteiger partial charge in [0.25, 0.3) is 5.91 Å². The summed E-state index contributed by atoms with van der Waals surface area (Å²) in [6.07, 6.45) is 6.73. The first-order valence-corrected chi connectivity index (χ1v) is 7.93. The Hall–Kier alpha value is -1.56. The van der Waals surface area contributed by atoms with Crippen molar-refractivity contribution in [1.82, 2.24) is 9.88 Å². The molecular formula is C14H20N4OS. The number of nitrogens with zero attached hydrogens (tertiary/aromatic N) is 2. The molecule has 0 atom stereocenters. The molecule has 0 radical (unpaired) electrons. The topological polar surface area (TPSA) is 71.2 Å². The first-order valence-electron chi connectivity index (χ1n) is 7.11. The lowest BCUT2D eigenvalue weighted by molar-refractivity contribution is 0.0771. The predicted octanol–water partition coefficient (Wildman–Crippen LogP) is 2.48. The minimum absolute atomic E-state index is 0.00843. The van der Waals surface area contributed by atoms with Crippen molar-refractivity contribution in [3.8, 4) is 0 Å². The van der Waals surface area contributed by atoms with Crippen LogP contribution in [0.2, 0.25) is 0 Å². The molecule has 3 rings (SSSR count). The fraction of sp³-hybridized carbons (Fsp3) is 0.571. The maximum absolute atomic E-state index is 12.5. The molecule has 20 heavy (non-hydrogen) atoms. The van der Waals surface area contributed by atoms with Crippen LogP contribution in [0, 0.1) is 0 Å². The standard InChI is InChI=1S/C14H20N4OS/c1-9-4-3-7-18(8-9)13(19)11-12(15)17-14(20-11)16-10-5-2-6-10/h4,10H,2-3,5-8,15H2,1H3,(H,16,17). The van der Waals surface area contributed by atoms with Gasteiger partial charge in [0.15, 0.2) is 5.13 Å². The summed E-state index contributed by atoms with van der Waals surface area (Å²) < 4.78 is 0. The summed E-state index contributed by atoms with van der Waals surface area (Å²) >= 11 is 1.38. The Morgan fingerprint density at radius 1 is 1.55 bits per heavy atom. The maximum atomic E-state index is 12.5. The van der Waals surface area contributed by atoms with Gasteiger partial charge < -0.3 is 16.0 Å². The molecule has 0 saturated heterocycles. The van der Waals surface area contributed by atoms with Crippen LogP contribution in [0.25, 0.3) is 0 Å². The SMILES string of the molecule is CC1=CCCN(C(=O)c2sc(NC3CCC3)nc2N)C1. The summed E-state index contributed by atoms with van der Waals surface area (Å²) in [5.41, 5.74) is 7.15. The van der Waals surface area contributed by atoms with Gasteiger partial charge in [0.1, 0.15) is 10.7 Å². The third-order valence-electron chi connectivity index (χ3n) is 3.90. The van der Waals surface area contributed by atoms with Crippen molar-refractivity contribution in [3.63, 3.8) is 0 Å². The summed E-state index contributed by atoms with van der Waals surface area (Å²) in [6.45, 7) is 3.51. The number of carbonyl (C=O) groups excluding carboxylic acids is 1. The van der Waals surface area contributed by atoms with Crippen LogP contribution in [0.5, 0.6) is 0 Å². The van der Waals surface area contributed by atoms with Crippen molar-refractivity contribution in [1.29, 1.82) is 0 Å². The zero-order chi connectivity index (χ0) is 14.1. The van der Waals surface area contributed by atoms with Crippen LogP contribution in [0.1, 0.15) is 42.3 Å². The highest BCUT2D eigenvalue weighted by molar-refractivity contribution is 7.18. The van der Waals surface area contributed by atoms with Crippen molar-refractivity contribution >= 4 is 28.2 Å². The molecule has 1 aliphatic heterocycles. The van der Waals surface area contributed by atoms with Crippen LogP contribution in [0.4, 0.5) is 10.9 Å². The van der Waals surface area contributed by atoms with Gasteiger partial charge >= 0.3 is 0 Å². The number of anilines is 2. The van der Waals surface area contributed by atoms with Crippen LogP contribution in [-0.4, -0.2) is 34.9 Å². The molecule has 5 nitrogen and oxygen atoms in total. The number of nitrogen functional groups attached to an aromatic ring is 1. The smallest absolute Gasteiger partial charge is 0.268 e. The summed E-state index contributed by atoms with van der Waals surface area (Å²) in [4.78, 5) is 19.2. The Bertz CT molecular complexity index is 547. The van der Waals surface area contributed by atoms with Crippen molar-refractivity contribution in [2.75, 3.05) is 24.1 Å². The molecule has 3 N–H and O–H groups in total. The Morgan fingerprint density at radius 2 is 2.35 bits per heavy atom. The quantitative estimate of drug-likeness (QED) is 0.840. The third-order valence-corrected chi connectivity index (χ3v) is 4.89. The number of thiazole rings is 1. The van der Waals surface area contributed by atoms with E-state index in [2.05, 4.69) is 23.3 Å². The minimum Gasteiger partial charge on any atom is -0.382 e. The maximum Gasteiger partial charge on any atom is 0.268 e. The van der Waals surface area contributed by atoms with E-state index in [1.165, 1.54) is 36.2 Å². The fourth-order valence-electron chi connectivity index (χ4n) is 2.50. The van der Waals surface area contributed by atoms with Gasteiger partial charge in [-0.25, -0.2) is 4.98 Å². The van der Waals surface area contributed by atoms with Crippen molar-refractivity contribution in [3.05, 3.63) is 16.5 Å². The highest BCUT2D eigenvalue weighted by Crippen LogP contribution is 2.30. The van der Waals surface area contributed by atoms with Crippen LogP contribution in [0.15, 0.2) is 11.6 Å². The lowest BCUT2D eigenvalue weighted by Crippen LogP contribution is -2.35. The average molecular weight is 292 g/mol. The van der Waals surface area contributed by atoms with Gasteiger partial charge in [0.05, 0.1) is 0 Å². The molecule has 1 amide bonds. The van der Waals surface area contributed by atoms with Crippen molar-refractivity contribution < 1.29 is 4.79 Å². The van der Waals surface area contributed by atoms with Gasteiger partial charge in [-0.1, -0.05) is 23.0 Å². The molecule has 0 bridgehead atoms. The number of nitrogens with one attached hydrogen (secondary N) is 1. The summed E-state index contributed by atoms with van der Waals surface area (Å²) in [6, 6.07) is 0.503. The largest absolute Gasteiger partial charge is 0.382 e. The van der Waals surface area contributed by atoms with Gasteiger partial charge in [0.2, 0.25) is 0 Å². The lowest BCUT2D eigenvalue weighted by Gasteiger charge is -2.26. The number of hydrogen-bond acceptors (Lipinski definition) is 5. The van der Waals surface area contributed by atoms with E-state index in [0.717, 1.165) is 18.1 Å². The Balaban J connectivity index is 1.72. The van der Waals surface area contributed by atoms with Gasteiger partial charge in [-0.2, -0.15) is 0 Å². The second-order valence-corrected chi connectivity index (χ2v) is 6.57. The van der Waals surface area contributed by atoms with E-state index >= 15 is 0 Å². The average Bonchev–Trinajstić information content (AvgIpc) is 2.74. The van der Waals surface area contributed by atoms with Crippen LogP contribution < -0.4 is 11.1 Å². The fourth-order valence-corrected chi connectivity index (χ4v) is 3.43. The second-order valence-electron chi connectivity index (χ2n) is 5.57. The third kappa shape index (κ3) is 2.65. The lowest BCUT2D eigenvalue weighted by atomic mass is 9.93. The Kier molecular flexibility index (Phi) is 3.65. The molecule has 1 aliphatic carbocycles. The number of aromatic nitrogens is 1. The minimum atomic E-state index is 0.00843. The zero-order valence-electron chi connectivity index (χ0n) is 11.7. The highest BCUT2D eigenvalue weighted by Gasteiger charge is 2.25. The zero-order valence-corrected chi connectivity index (χ0v) is 12.5. The summed E-state index contributed by atoms with van der Waals surface area (Å²) in [7, 11) is 0. The highest BCUT2D eigenvalue weighted by atomic mass is 32.1. The van der Waals surface area contributed by atoms with Crippen LogP contribution in [0.3, 0.4) is 0 Å². The molecule has 1 fully saturated rings. The predicted molar refractivity (Wildman–Crippen MR) is 82.1 cm³/mol. The molecule has 0 spiro atoms. The molecule has 2 aliphatic rings. The van der Waals surface area contributed by atoms with E-state index in [4.69, 9.17) is 5.73 Å². The van der Waals surface area contributed by atoms with E-state index < -0.39 is 0 Å². The Morgan fingerprint density at radius 3 is 3.00 bits per heavy atom. The molecule has 2 heterocycles. The van der Waals surface area contributed by atoms with E-state index in [1.807, 2.05) is 4.90 Å². The van der Waals surface area contributed by atoms with Crippen LogP contribution >= 0.6 is 11.3 Å². The molecule has 0 unspecified atom stereocenters. The van der Waals surface area contributed by atoms with Gasteiger partial charge in [0, 0.05) is 19.1 Å². The van der Waals surface area contributed by atoms with E-state index in [1.54, 1.807) is 0 Å². The second kappa shape index (κ2) is 5.44. The monoisotopic (exact) mass is 292 g/mol. The molecule has 1 aromatic heterocycles. The first kappa shape index (κ1) is 13.4. The van der Waals surface area contributed by atoms with Gasteiger partial charge in [-0.3, -0.25) is 4.79 Å². The Labute approximate surface area is 122 Å². The molecular weight excluding hydrogens is 272 g/mol. The first-order chi connectivity index (χ1) is 9.63. The number of hydrogen-bond donors (Lipinski definition) is 2. The molecule has 108 valence electrons. The van der Waals surface area contributed by atoms with E-state index in [-0.39, 0.29) is 5.91 Å². The molecule has 1 saturated carbocycles. The summed E-state index contributed by atoms with van der Waals surface area (Å²) in [5.74, 6) is 0.364. The van der Waals surface area contributed by atoms with Crippen molar-refractivity contribution in [2.45, 2.75) is 38.6 Å². The number of rotatable bonds is 3. The van der Waals surface area contributed by atoms with Gasteiger partial charge in [-0.05, 0) is 32.6 Å². The van der Waals surface area contributed by atoms with Crippen molar-refractivity contribution in [2.24, 2.45) is 0 Å². The molecule has 6 heteroatoms. The van der Waals surface area contributed by atoms with E-state index in [0.29, 0.717) is 23.3 Å². The summed E-state index contributed by atoms with van der Waals surface area (Å²) in [5, 5.41) is 4.13. The van der Waals surface area contributed by atoms with Gasteiger partial charge in [-0.15, -0.1) is 0 Å². The number of nitrogens with two attached hydrogens (primary N) is 1. The molecule has 1 aromatic rings. The molecule has 0 aromatic carbocycles. The number of carbonyl (C=O) groups is 1. The van der Waals surface area contributed by atoms with E-state index in [9.17, 15) is 4.79 Å².